The average Bonchev–Trinajstić information content (AvgIpc) is 2.45. The van der Waals surface area contributed by atoms with Gasteiger partial charge in [0.05, 0.1) is 13.2 Å². The summed E-state index contributed by atoms with van der Waals surface area (Å²) in [5.74, 6) is -0.909. The molecule has 23 heavy (non-hydrogen) atoms. The van der Waals surface area contributed by atoms with Crippen molar-refractivity contribution in [3.8, 4) is 11.5 Å². The Bertz CT molecular complexity index is 647. The number of methoxy groups -OCH3 is 1. The first-order chi connectivity index (χ1) is 10.3. The van der Waals surface area contributed by atoms with Crippen LogP contribution < -0.4 is 15.2 Å². The van der Waals surface area contributed by atoms with Crippen LogP contribution in [0.15, 0.2) is 42.5 Å². The van der Waals surface area contributed by atoms with E-state index in [1.807, 2.05) is 0 Å². The molecule has 0 aliphatic carbocycles. The van der Waals surface area contributed by atoms with E-state index in [2.05, 4.69) is 4.74 Å². The lowest BCUT2D eigenvalue weighted by Gasteiger charge is -2.17. The number of benzene rings is 2. The van der Waals surface area contributed by atoms with Gasteiger partial charge in [-0.05, 0) is 23.8 Å². The Morgan fingerprint density at radius 1 is 1.04 bits per heavy atom. The Hall–Kier alpha value is -1.99. The van der Waals surface area contributed by atoms with Gasteiger partial charge in [0.1, 0.15) is 5.75 Å². The summed E-state index contributed by atoms with van der Waals surface area (Å²) in [6, 6.07) is 8.62. The highest BCUT2D eigenvalue weighted by Gasteiger charge is 2.31. The van der Waals surface area contributed by atoms with E-state index in [1.54, 1.807) is 6.07 Å². The van der Waals surface area contributed by atoms with E-state index < -0.39 is 18.2 Å². The highest BCUT2D eigenvalue weighted by atomic mass is 35.5. The van der Waals surface area contributed by atoms with Crippen LogP contribution in [0.4, 0.5) is 17.6 Å². The topological polar surface area (TPSA) is 44.5 Å². The van der Waals surface area contributed by atoms with Gasteiger partial charge in [0.15, 0.2) is 11.6 Å². The lowest BCUT2D eigenvalue weighted by Crippen LogP contribution is -2.17. The number of halogens is 5. The van der Waals surface area contributed by atoms with Crippen molar-refractivity contribution in [3.63, 3.8) is 0 Å². The van der Waals surface area contributed by atoms with Crippen LogP contribution in [-0.4, -0.2) is 13.5 Å². The summed E-state index contributed by atoms with van der Waals surface area (Å²) >= 11 is 0. The fraction of sp³-hybridized carbons (Fsp3) is 0.200. The maximum absolute atomic E-state index is 13.7. The zero-order valence-corrected chi connectivity index (χ0v) is 12.7. The predicted molar refractivity (Wildman–Crippen MR) is 79.4 cm³/mol. The summed E-state index contributed by atoms with van der Waals surface area (Å²) in [7, 11) is 1.31. The molecule has 2 aromatic carbocycles. The molecule has 0 saturated carbocycles. The average molecular weight is 352 g/mol. The first-order valence-corrected chi connectivity index (χ1v) is 6.25. The molecule has 2 rings (SSSR count). The quantitative estimate of drug-likeness (QED) is 0.839. The van der Waals surface area contributed by atoms with Crippen LogP contribution in [0.3, 0.4) is 0 Å². The van der Waals surface area contributed by atoms with Gasteiger partial charge in [-0.1, -0.05) is 24.3 Å². The van der Waals surface area contributed by atoms with Crippen molar-refractivity contribution < 1.29 is 27.0 Å². The zero-order valence-electron chi connectivity index (χ0n) is 11.9. The zero-order chi connectivity index (χ0) is 16.3. The maximum Gasteiger partial charge on any atom is 0.573 e. The molecular weight excluding hydrogens is 338 g/mol. The van der Waals surface area contributed by atoms with E-state index in [9.17, 15) is 17.6 Å². The van der Waals surface area contributed by atoms with E-state index in [0.717, 1.165) is 12.1 Å². The van der Waals surface area contributed by atoms with Gasteiger partial charge < -0.3 is 15.2 Å². The van der Waals surface area contributed by atoms with Gasteiger partial charge in [-0.3, -0.25) is 0 Å². The number of nitrogens with two attached hydrogens (primary N) is 1. The van der Waals surface area contributed by atoms with E-state index in [4.69, 9.17) is 10.5 Å². The van der Waals surface area contributed by atoms with Gasteiger partial charge in [-0.25, -0.2) is 4.39 Å². The fourth-order valence-corrected chi connectivity index (χ4v) is 2.04. The Kier molecular flexibility index (Phi) is 6.23. The summed E-state index contributed by atoms with van der Waals surface area (Å²) in [5, 5.41) is 0. The predicted octanol–water partition coefficient (Wildman–Crippen LogP) is 4.20. The molecule has 0 aliphatic heterocycles. The van der Waals surface area contributed by atoms with Gasteiger partial charge >= 0.3 is 6.36 Å². The Balaban J connectivity index is 0.00000264. The number of ether oxygens (including phenoxy) is 2. The Labute approximate surface area is 136 Å². The monoisotopic (exact) mass is 351 g/mol. The molecular formula is C15H14ClF4NO2. The lowest BCUT2D eigenvalue weighted by molar-refractivity contribution is -0.274. The van der Waals surface area contributed by atoms with Crippen LogP contribution in [0.1, 0.15) is 17.2 Å². The number of alkyl halides is 3. The summed E-state index contributed by atoms with van der Waals surface area (Å²) in [4.78, 5) is 0. The van der Waals surface area contributed by atoms with Crippen molar-refractivity contribution in [1.29, 1.82) is 0 Å². The first-order valence-electron chi connectivity index (χ1n) is 6.25. The number of rotatable bonds is 4. The molecule has 1 atom stereocenters. The highest BCUT2D eigenvalue weighted by molar-refractivity contribution is 5.85. The fourth-order valence-electron chi connectivity index (χ4n) is 2.04. The van der Waals surface area contributed by atoms with E-state index in [1.165, 1.54) is 31.4 Å². The molecule has 2 aromatic rings. The molecule has 0 saturated heterocycles. The highest BCUT2D eigenvalue weighted by Crippen LogP contribution is 2.31. The minimum atomic E-state index is -4.75. The maximum atomic E-state index is 13.7. The van der Waals surface area contributed by atoms with Crippen molar-refractivity contribution in [1.82, 2.24) is 0 Å². The molecule has 0 unspecified atom stereocenters. The van der Waals surface area contributed by atoms with Crippen LogP contribution in [0, 0.1) is 5.82 Å². The first kappa shape index (κ1) is 19.1. The van der Waals surface area contributed by atoms with Crippen molar-refractivity contribution >= 4 is 12.4 Å². The van der Waals surface area contributed by atoms with Crippen LogP contribution in [0.2, 0.25) is 0 Å². The smallest absolute Gasteiger partial charge is 0.493 e. The third-order valence-electron chi connectivity index (χ3n) is 3.01. The minimum Gasteiger partial charge on any atom is -0.493 e. The van der Waals surface area contributed by atoms with Crippen LogP contribution in [0.5, 0.6) is 11.5 Å². The summed E-state index contributed by atoms with van der Waals surface area (Å²) < 4.78 is 58.7. The van der Waals surface area contributed by atoms with Gasteiger partial charge in [0.25, 0.3) is 0 Å². The van der Waals surface area contributed by atoms with Gasteiger partial charge in [-0.15, -0.1) is 25.6 Å². The second-order valence-corrected chi connectivity index (χ2v) is 4.46. The standard InChI is InChI=1S/C15H13F4NO2.ClH/c1-21-14-11(3-2-4-12(14)16)13(20)9-5-7-10(8-6-9)22-15(17,18)19;/h2-8,13H,20H2,1H3;1H/t13-;/m0./s1. The minimum absolute atomic E-state index is 0. The second-order valence-electron chi connectivity index (χ2n) is 4.46. The van der Waals surface area contributed by atoms with E-state index >= 15 is 0 Å². The van der Waals surface area contributed by atoms with Crippen molar-refractivity contribution in [2.75, 3.05) is 7.11 Å². The molecule has 0 bridgehead atoms. The Morgan fingerprint density at radius 3 is 2.17 bits per heavy atom. The molecule has 126 valence electrons. The van der Waals surface area contributed by atoms with Crippen molar-refractivity contribution in [3.05, 3.63) is 59.4 Å². The molecule has 8 heteroatoms. The molecule has 0 fully saturated rings. The van der Waals surface area contributed by atoms with E-state index in [0.29, 0.717) is 11.1 Å². The molecule has 0 amide bonds. The molecule has 2 N–H and O–H groups in total. The van der Waals surface area contributed by atoms with Crippen molar-refractivity contribution in [2.45, 2.75) is 12.4 Å². The second kappa shape index (κ2) is 7.52. The number of hydrogen-bond donors (Lipinski definition) is 1. The largest absolute Gasteiger partial charge is 0.573 e. The molecule has 0 aromatic heterocycles. The van der Waals surface area contributed by atoms with Crippen LogP contribution in [0.25, 0.3) is 0 Å². The summed E-state index contributed by atoms with van der Waals surface area (Å²) in [6.07, 6.45) is -4.75. The molecule has 0 radical (unpaired) electrons. The van der Waals surface area contributed by atoms with Gasteiger partial charge in [0, 0.05) is 5.56 Å². The van der Waals surface area contributed by atoms with Crippen LogP contribution in [-0.2, 0) is 0 Å². The molecule has 0 heterocycles. The third-order valence-corrected chi connectivity index (χ3v) is 3.01. The normalized spacial score (nSPS) is 12.3. The Morgan fingerprint density at radius 2 is 1.65 bits per heavy atom. The van der Waals surface area contributed by atoms with Gasteiger partial charge in [0.2, 0.25) is 0 Å². The summed E-state index contributed by atoms with van der Waals surface area (Å²) in [5.41, 5.74) is 6.92. The van der Waals surface area contributed by atoms with Crippen molar-refractivity contribution in [2.24, 2.45) is 5.73 Å². The lowest BCUT2D eigenvalue weighted by atomic mass is 9.98. The summed E-state index contributed by atoms with van der Waals surface area (Å²) in [6.45, 7) is 0. The number of para-hydroxylation sites is 1. The van der Waals surface area contributed by atoms with E-state index in [-0.39, 0.29) is 23.9 Å². The van der Waals surface area contributed by atoms with Gasteiger partial charge in [-0.2, -0.15) is 0 Å². The molecule has 0 aliphatic rings. The number of hydrogen-bond acceptors (Lipinski definition) is 3. The third kappa shape index (κ3) is 4.74. The molecule has 0 spiro atoms. The van der Waals surface area contributed by atoms with Crippen LogP contribution >= 0.6 is 12.4 Å². The SMILES string of the molecule is COc1c(F)cccc1[C@@H](N)c1ccc(OC(F)(F)F)cc1.Cl. The molecule has 3 nitrogen and oxygen atoms in total.